The molecule has 0 radical (unpaired) electrons. The van der Waals surface area contributed by atoms with Crippen molar-refractivity contribution < 1.29 is 14.3 Å². The zero-order chi connectivity index (χ0) is 22.2. The summed E-state index contributed by atoms with van der Waals surface area (Å²) in [4.78, 5) is 12.3. The van der Waals surface area contributed by atoms with Crippen LogP contribution < -0.4 is 20.1 Å². The molecular formula is C25H27ClN2O3. The first-order valence-electron chi connectivity index (χ1n) is 10.2. The van der Waals surface area contributed by atoms with Crippen molar-refractivity contribution in [2.24, 2.45) is 0 Å². The average Bonchev–Trinajstić information content (AvgIpc) is 2.74. The zero-order valence-corrected chi connectivity index (χ0v) is 18.8. The summed E-state index contributed by atoms with van der Waals surface area (Å²) < 4.78 is 11.5. The highest BCUT2D eigenvalue weighted by Crippen LogP contribution is 2.29. The lowest BCUT2D eigenvalue weighted by Crippen LogP contribution is -2.20. The predicted octanol–water partition coefficient (Wildman–Crippen LogP) is 5.99. The molecule has 3 aromatic carbocycles. The van der Waals surface area contributed by atoms with Crippen LogP contribution in [0.5, 0.6) is 11.5 Å². The van der Waals surface area contributed by atoms with Gasteiger partial charge >= 0.3 is 0 Å². The number of benzene rings is 3. The van der Waals surface area contributed by atoms with Crippen LogP contribution in [-0.2, 0) is 11.3 Å². The van der Waals surface area contributed by atoms with Gasteiger partial charge in [0.15, 0.2) is 18.1 Å². The Kier molecular flexibility index (Phi) is 7.79. The number of anilines is 2. The lowest BCUT2D eigenvalue weighted by molar-refractivity contribution is -0.118. The van der Waals surface area contributed by atoms with Gasteiger partial charge in [-0.2, -0.15) is 0 Å². The van der Waals surface area contributed by atoms with E-state index in [9.17, 15) is 4.79 Å². The Balaban J connectivity index is 1.62. The monoisotopic (exact) mass is 438 g/mol. The minimum absolute atomic E-state index is 0.104. The van der Waals surface area contributed by atoms with Gasteiger partial charge in [0.05, 0.1) is 6.61 Å². The Hall–Kier alpha value is -3.18. The molecule has 0 aliphatic carbocycles. The van der Waals surface area contributed by atoms with Crippen molar-refractivity contribution in [3.63, 3.8) is 0 Å². The van der Waals surface area contributed by atoms with Gasteiger partial charge in [0, 0.05) is 22.9 Å². The van der Waals surface area contributed by atoms with Crippen molar-refractivity contribution >= 4 is 28.9 Å². The number of nitrogens with one attached hydrogen (secondary N) is 2. The van der Waals surface area contributed by atoms with Crippen LogP contribution in [0.15, 0.2) is 60.7 Å². The van der Waals surface area contributed by atoms with Gasteiger partial charge in [-0.3, -0.25) is 4.79 Å². The van der Waals surface area contributed by atoms with E-state index in [1.54, 1.807) is 0 Å². The van der Waals surface area contributed by atoms with E-state index in [0.29, 0.717) is 24.7 Å². The number of aryl methyl sites for hydroxylation is 1. The van der Waals surface area contributed by atoms with E-state index in [1.807, 2.05) is 81.4 Å². The Morgan fingerprint density at radius 2 is 1.77 bits per heavy atom. The minimum Gasteiger partial charge on any atom is -0.490 e. The number of amides is 1. The highest BCUT2D eigenvalue weighted by atomic mass is 35.5. The smallest absolute Gasteiger partial charge is 0.262 e. The van der Waals surface area contributed by atoms with Crippen LogP contribution in [0, 0.1) is 13.8 Å². The molecule has 2 N–H and O–H groups in total. The molecule has 31 heavy (non-hydrogen) atoms. The standard InChI is InChI=1S/C25H27ClN2O3/c1-4-30-24-14-19(15-27-22-10-6-9-21(26)18(22)3)11-12-23(24)31-16-25(29)28-20-8-5-7-17(2)13-20/h5-14,27H,4,15-16H2,1-3H3,(H,28,29). The van der Waals surface area contributed by atoms with Crippen molar-refractivity contribution in [2.75, 3.05) is 23.8 Å². The molecule has 5 nitrogen and oxygen atoms in total. The van der Waals surface area contributed by atoms with Crippen molar-refractivity contribution in [1.29, 1.82) is 0 Å². The summed E-state index contributed by atoms with van der Waals surface area (Å²) in [5, 5.41) is 6.96. The SMILES string of the molecule is CCOc1cc(CNc2cccc(Cl)c2C)ccc1OCC(=O)Nc1cccc(C)c1. The number of halogens is 1. The molecule has 0 atom stereocenters. The van der Waals surface area contributed by atoms with Crippen LogP contribution >= 0.6 is 11.6 Å². The number of rotatable bonds is 9. The molecule has 0 bridgehead atoms. The van der Waals surface area contributed by atoms with Crippen molar-refractivity contribution in [3.05, 3.63) is 82.4 Å². The molecule has 0 heterocycles. The Labute approximate surface area is 188 Å². The molecule has 3 rings (SSSR count). The quantitative estimate of drug-likeness (QED) is 0.431. The second-order valence-electron chi connectivity index (χ2n) is 7.19. The zero-order valence-electron chi connectivity index (χ0n) is 18.0. The lowest BCUT2D eigenvalue weighted by Gasteiger charge is -2.15. The van der Waals surface area contributed by atoms with Crippen LogP contribution in [0.2, 0.25) is 5.02 Å². The molecular weight excluding hydrogens is 412 g/mol. The van der Waals surface area contributed by atoms with Gasteiger partial charge in [-0.15, -0.1) is 0 Å². The fraction of sp³-hybridized carbons (Fsp3) is 0.240. The molecule has 0 saturated heterocycles. The maximum absolute atomic E-state index is 12.3. The summed E-state index contributed by atoms with van der Waals surface area (Å²) in [5.74, 6) is 0.909. The summed E-state index contributed by atoms with van der Waals surface area (Å²) in [6, 6.07) is 19.1. The second-order valence-corrected chi connectivity index (χ2v) is 7.59. The van der Waals surface area contributed by atoms with E-state index in [1.165, 1.54) is 0 Å². The van der Waals surface area contributed by atoms with E-state index in [0.717, 1.165) is 33.1 Å². The summed E-state index contributed by atoms with van der Waals surface area (Å²) in [6.07, 6.45) is 0. The number of hydrogen-bond donors (Lipinski definition) is 2. The maximum Gasteiger partial charge on any atom is 0.262 e. The molecule has 162 valence electrons. The van der Waals surface area contributed by atoms with Gasteiger partial charge < -0.3 is 20.1 Å². The van der Waals surface area contributed by atoms with Crippen LogP contribution in [0.25, 0.3) is 0 Å². The van der Waals surface area contributed by atoms with Crippen LogP contribution in [0.3, 0.4) is 0 Å². The summed E-state index contributed by atoms with van der Waals surface area (Å²) in [6.45, 7) is 6.87. The molecule has 0 aliphatic rings. The maximum atomic E-state index is 12.3. The topological polar surface area (TPSA) is 59.6 Å². The molecule has 1 amide bonds. The third-order valence-corrected chi connectivity index (χ3v) is 5.13. The van der Waals surface area contributed by atoms with Crippen molar-refractivity contribution in [2.45, 2.75) is 27.3 Å². The van der Waals surface area contributed by atoms with Crippen molar-refractivity contribution in [3.8, 4) is 11.5 Å². The van der Waals surface area contributed by atoms with Crippen molar-refractivity contribution in [1.82, 2.24) is 0 Å². The first-order chi connectivity index (χ1) is 15.0. The highest BCUT2D eigenvalue weighted by molar-refractivity contribution is 6.31. The molecule has 0 fully saturated rings. The first-order valence-corrected chi connectivity index (χ1v) is 10.6. The summed E-state index contributed by atoms with van der Waals surface area (Å²) in [5.41, 5.74) is 4.85. The second kappa shape index (κ2) is 10.7. The van der Waals surface area contributed by atoms with E-state index >= 15 is 0 Å². The van der Waals surface area contributed by atoms with Gasteiger partial charge in [-0.05, 0) is 73.9 Å². The van der Waals surface area contributed by atoms with Gasteiger partial charge in [0.2, 0.25) is 0 Å². The van der Waals surface area contributed by atoms with E-state index in [-0.39, 0.29) is 12.5 Å². The molecule has 0 unspecified atom stereocenters. The normalized spacial score (nSPS) is 10.5. The van der Waals surface area contributed by atoms with Gasteiger partial charge in [0.25, 0.3) is 5.91 Å². The molecule has 0 spiro atoms. The molecule has 0 saturated carbocycles. The molecule has 0 aliphatic heterocycles. The number of carbonyl (C=O) groups excluding carboxylic acids is 1. The molecule has 0 aromatic heterocycles. The average molecular weight is 439 g/mol. The highest BCUT2D eigenvalue weighted by Gasteiger charge is 2.10. The third kappa shape index (κ3) is 6.40. The van der Waals surface area contributed by atoms with Crippen LogP contribution in [0.1, 0.15) is 23.6 Å². The van der Waals surface area contributed by atoms with Crippen LogP contribution in [-0.4, -0.2) is 19.1 Å². The van der Waals surface area contributed by atoms with Gasteiger partial charge in [-0.1, -0.05) is 35.9 Å². The Morgan fingerprint density at radius 3 is 2.55 bits per heavy atom. The van der Waals surface area contributed by atoms with E-state index < -0.39 is 0 Å². The predicted molar refractivity (Wildman–Crippen MR) is 126 cm³/mol. The fourth-order valence-corrected chi connectivity index (χ4v) is 3.28. The Morgan fingerprint density at radius 1 is 0.968 bits per heavy atom. The largest absolute Gasteiger partial charge is 0.490 e. The number of hydrogen-bond acceptors (Lipinski definition) is 4. The number of carbonyl (C=O) groups is 1. The molecule has 3 aromatic rings. The first kappa shape index (κ1) is 22.5. The van der Waals surface area contributed by atoms with Gasteiger partial charge in [0.1, 0.15) is 0 Å². The fourth-order valence-electron chi connectivity index (χ4n) is 3.11. The van der Waals surface area contributed by atoms with E-state index in [2.05, 4.69) is 10.6 Å². The summed E-state index contributed by atoms with van der Waals surface area (Å²) in [7, 11) is 0. The molecule has 6 heteroatoms. The van der Waals surface area contributed by atoms with Crippen LogP contribution in [0.4, 0.5) is 11.4 Å². The number of ether oxygens (including phenoxy) is 2. The minimum atomic E-state index is -0.227. The van der Waals surface area contributed by atoms with Gasteiger partial charge in [-0.25, -0.2) is 0 Å². The Bertz CT molecular complexity index is 1050. The summed E-state index contributed by atoms with van der Waals surface area (Å²) >= 11 is 6.19. The lowest BCUT2D eigenvalue weighted by atomic mass is 10.1. The third-order valence-electron chi connectivity index (χ3n) is 4.72. The van der Waals surface area contributed by atoms with E-state index in [4.69, 9.17) is 21.1 Å².